The molecule has 0 amide bonds. The average Bonchev–Trinajstić information content (AvgIpc) is 3.02. The zero-order valence-corrected chi connectivity index (χ0v) is 17.5. The van der Waals surface area contributed by atoms with Gasteiger partial charge in [-0.25, -0.2) is 5.10 Å². The predicted molar refractivity (Wildman–Crippen MR) is 112 cm³/mol. The summed E-state index contributed by atoms with van der Waals surface area (Å²) < 4.78 is 14.1. The van der Waals surface area contributed by atoms with E-state index in [0.29, 0.717) is 22.1 Å². The molecule has 140 valence electrons. The summed E-state index contributed by atoms with van der Waals surface area (Å²) in [5.74, 6) is 1.93. The van der Waals surface area contributed by atoms with E-state index in [4.69, 9.17) is 21.7 Å². The van der Waals surface area contributed by atoms with Crippen molar-refractivity contribution in [1.29, 1.82) is 0 Å². The van der Waals surface area contributed by atoms with Crippen molar-refractivity contribution in [2.24, 2.45) is 5.10 Å². The van der Waals surface area contributed by atoms with Gasteiger partial charge in [-0.15, -0.1) is 0 Å². The van der Waals surface area contributed by atoms with Crippen LogP contribution in [0.2, 0.25) is 0 Å². The highest BCUT2D eigenvalue weighted by Crippen LogP contribution is 2.37. The topological polar surface area (TPSA) is 64.4 Å². The Morgan fingerprint density at radius 2 is 2.00 bits per heavy atom. The van der Waals surface area contributed by atoms with Gasteiger partial charge in [-0.3, -0.25) is 0 Å². The van der Waals surface area contributed by atoms with Crippen LogP contribution in [0, 0.1) is 4.77 Å². The van der Waals surface area contributed by atoms with E-state index in [2.05, 4.69) is 31.2 Å². The quantitative estimate of drug-likeness (QED) is 0.425. The Hall–Kier alpha value is -2.45. The lowest BCUT2D eigenvalue weighted by molar-refractivity contribution is 0.228. The highest BCUT2D eigenvalue weighted by molar-refractivity contribution is 9.10. The van der Waals surface area contributed by atoms with Crippen LogP contribution in [0.25, 0.3) is 11.4 Å². The Balaban J connectivity index is 1.97. The average molecular weight is 447 g/mol. The van der Waals surface area contributed by atoms with Gasteiger partial charge in [-0.2, -0.15) is 14.9 Å². The molecule has 1 aromatic heterocycles. The van der Waals surface area contributed by atoms with Gasteiger partial charge in [0.05, 0.1) is 23.9 Å². The second-order valence-corrected chi connectivity index (χ2v) is 7.22. The SMILES string of the molecule is COc1cc(/C=N\n2c(-c3ccccc3)n[nH]c2=S)cc(Br)c1OC(C)C. The maximum Gasteiger partial charge on any atom is 0.216 e. The van der Waals surface area contributed by atoms with Crippen LogP contribution < -0.4 is 9.47 Å². The van der Waals surface area contributed by atoms with E-state index in [0.717, 1.165) is 15.6 Å². The van der Waals surface area contributed by atoms with Gasteiger partial charge >= 0.3 is 0 Å². The molecule has 0 atom stereocenters. The molecular weight excluding hydrogens is 428 g/mol. The number of nitrogens with zero attached hydrogens (tertiary/aromatic N) is 3. The molecule has 3 rings (SSSR count). The molecule has 27 heavy (non-hydrogen) atoms. The van der Waals surface area contributed by atoms with Gasteiger partial charge in [0.25, 0.3) is 0 Å². The van der Waals surface area contributed by atoms with Crippen molar-refractivity contribution in [3.8, 4) is 22.9 Å². The highest BCUT2D eigenvalue weighted by atomic mass is 79.9. The first-order valence-electron chi connectivity index (χ1n) is 8.31. The van der Waals surface area contributed by atoms with E-state index in [9.17, 15) is 0 Å². The molecule has 0 saturated carbocycles. The molecule has 1 heterocycles. The van der Waals surface area contributed by atoms with Crippen LogP contribution in [0.15, 0.2) is 52.0 Å². The predicted octanol–water partition coefficient (Wildman–Crippen LogP) is 5.05. The van der Waals surface area contributed by atoms with Crippen molar-refractivity contribution in [2.75, 3.05) is 7.11 Å². The number of halogens is 1. The van der Waals surface area contributed by atoms with Crippen LogP contribution in [0.1, 0.15) is 19.4 Å². The first-order valence-corrected chi connectivity index (χ1v) is 9.51. The van der Waals surface area contributed by atoms with E-state index in [1.54, 1.807) is 18.0 Å². The summed E-state index contributed by atoms with van der Waals surface area (Å²) >= 11 is 8.85. The van der Waals surface area contributed by atoms with E-state index < -0.39 is 0 Å². The third-order valence-corrected chi connectivity index (χ3v) is 4.46. The fourth-order valence-corrected chi connectivity index (χ4v) is 3.19. The first kappa shape index (κ1) is 19.3. The van der Waals surface area contributed by atoms with E-state index in [1.165, 1.54) is 0 Å². The molecule has 0 aliphatic rings. The number of aromatic amines is 1. The summed E-state index contributed by atoms with van der Waals surface area (Å²) in [7, 11) is 1.61. The zero-order valence-electron chi connectivity index (χ0n) is 15.1. The summed E-state index contributed by atoms with van der Waals surface area (Å²) in [6.07, 6.45) is 1.73. The van der Waals surface area contributed by atoms with E-state index in [1.807, 2.05) is 56.3 Å². The van der Waals surface area contributed by atoms with Crippen LogP contribution in [0.3, 0.4) is 0 Å². The van der Waals surface area contributed by atoms with Gasteiger partial charge in [0.2, 0.25) is 4.77 Å². The molecule has 0 spiro atoms. The maximum atomic E-state index is 5.82. The van der Waals surface area contributed by atoms with Crippen molar-refractivity contribution >= 4 is 34.4 Å². The van der Waals surface area contributed by atoms with Crippen LogP contribution in [0.5, 0.6) is 11.5 Å². The minimum absolute atomic E-state index is 0.0346. The summed E-state index contributed by atoms with van der Waals surface area (Å²) in [6.45, 7) is 3.93. The number of benzene rings is 2. The summed E-state index contributed by atoms with van der Waals surface area (Å²) in [5.41, 5.74) is 1.75. The number of nitrogens with one attached hydrogen (secondary N) is 1. The molecule has 3 aromatic rings. The van der Waals surface area contributed by atoms with Crippen molar-refractivity contribution in [1.82, 2.24) is 14.9 Å². The zero-order chi connectivity index (χ0) is 19.4. The highest BCUT2D eigenvalue weighted by Gasteiger charge is 2.13. The largest absolute Gasteiger partial charge is 0.493 e. The molecule has 8 heteroatoms. The van der Waals surface area contributed by atoms with Crippen LogP contribution in [-0.2, 0) is 0 Å². The maximum absolute atomic E-state index is 5.82. The second kappa shape index (κ2) is 8.49. The lowest BCUT2D eigenvalue weighted by Crippen LogP contribution is -2.07. The third kappa shape index (κ3) is 4.45. The Morgan fingerprint density at radius 3 is 2.67 bits per heavy atom. The van der Waals surface area contributed by atoms with Gasteiger partial charge in [-0.05, 0) is 59.7 Å². The van der Waals surface area contributed by atoms with Crippen molar-refractivity contribution in [2.45, 2.75) is 20.0 Å². The third-order valence-electron chi connectivity index (χ3n) is 3.61. The molecule has 0 bridgehead atoms. The number of H-pyrrole nitrogens is 1. The Morgan fingerprint density at radius 1 is 1.26 bits per heavy atom. The van der Waals surface area contributed by atoms with Crippen LogP contribution >= 0.6 is 28.1 Å². The van der Waals surface area contributed by atoms with Gasteiger partial charge in [-0.1, -0.05) is 30.3 Å². The van der Waals surface area contributed by atoms with Crippen molar-refractivity contribution in [3.05, 3.63) is 57.3 Å². The van der Waals surface area contributed by atoms with Crippen LogP contribution in [-0.4, -0.2) is 34.3 Å². The Labute approximate surface area is 171 Å². The fourth-order valence-electron chi connectivity index (χ4n) is 2.46. The van der Waals surface area contributed by atoms with Gasteiger partial charge < -0.3 is 9.47 Å². The molecule has 0 aliphatic heterocycles. The molecule has 0 unspecified atom stereocenters. The number of hydrogen-bond donors (Lipinski definition) is 1. The summed E-state index contributed by atoms with van der Waals surface area (Å²) in [6, 6.07) is 13.5. The number of rotatable bonds is 6. The molecule has 0 aliphatic carbocycles. The molecule has 0 saturated heterocycles. The minimum Gasteiger partial charge on any atom is -0.493 e. The van der Waals surface area contributed by atoms with Gasteiger partial charge in [0.1, 0.15) is 0 Å². The number of aromatic nitrogens is 3. The molecule has 6 nitrogen and oxygen atoms in total. The van der Waals surface area contributed by atoms with E-state index in [-0.39, 0.29) is 6.10 Å². The molecule has 0 fully saturated rings. The second-order valence-electron chi connectivity index (χ2n) is 5.98. The van der Waals surface area contributed by atoms with Gasteiger partial charge in [0.15, 0.2) is 17.3 Å². The van der Waals surface area contributed by atoms with E-state index >= 15 is 0 Å². The molecule has 2 aromatic carbocycles. The van der Waals surface area contributed by atoms with Crippen molar-refractivity contribution in [3.63, 3.8) is 0 Å². The van der Waals surface area contributed by atoms with Crippen molar-refractivity contribution < 1.29 is 9.47 Å². The standard InChI is InChI=1S/C19H19BrN4O2S/c1-12(2)26-17-15(20)9-13(10-16(17)25-3)11-21-24-18(22-23-19(24)27)14-7-5-4-6-8-14/h4-12H,1-3H3,(H,23,27)/b21-11-. The molecule has 0 radical (unpaired) electrons. The molecule has 1 N–H and O–H groups in total. The number of ether oxygens (including phenoxy) is 2. The fraction of sp³-hybridized carbons (Fsp3) is 0.211. The lowest BCUT2D eigenvalue weighted by atomic mass is 10.2. The van der Waals surface area contributed by atoms with Gasteiger partial charge in [0, 0.05) is 5.56 Å². The first-order chi connectivity index (χ1) is 13.0. The normalized spacial score (nSPS) is 11.3. The lowest BCUT2D eigenvalue weighted by Gasteiger charge is -2.15. The molecular formula is C19H19BrN4O2S. The smallest absolute Gasteiger partial charge is 0.216 e. The Bertz CT molecular complexity index is 1010. The number of hydrogen-bond acceptors (Lipinski definition) is 5. The Kier molecular flexibility index (Phi) is 6.08. The minimum atomic E-state index is 0.0346. The monoisotopic (exact) mass is 446 g/mol. The van der Waals surface area contributed by atoms with Crippen LogP contribution in [0.4, 0.5) is 0 Å². The summed E-state index contributed by atoms with van der Waals surface area (Å²) in [5, 5.41) is 11.6. The number of methoxy groups -OCH3 is 1. The summed E-state index contributed by atoms with van der Waals surface area (Å²) in [4.78, 5) is 0.